The Morgan fingerprint density at radius 2 is 2.33 bits per heavy atom. The topological polar surface area (TPSA) is 39.1 Å². The van der Waals surface area contributed by atoms with E-state index < -0.39 is 0 Å². The number of nitrogens with one attached hydrogen (secondary N) is 1. The molecule has 0 aromatic carbocycles. The Bertz CT molecular complexity index is 380. The highest BCUT2D eigenvalue weighted by Crippen LogP contribution is 2.23. The Labute approximate surface area is 110 Å². The molecule has 1 aliphatic heterocycles. The largest absolute Gasteiger partial charge is 0.374 e. The van der Waals surface area contributed by atoms with Gasteiger partial charge in [0.2, 0.25) is 0 Å². The Morgan fingerprint density at radius 3 is 2.94 bits per heavy atom. The molecule has 1 aromatic heterocycles. The minimum Gasteiger partial charge on any atom is -0.374 e. The van der Waals surface area contributed by atoms with Crippen LogP contribution in [0.3, 0.4) is 0 Å². The fourth-order valence-electron chi connectivity index (χ4n) is 2.54. The van der Waals surface area contributed by atoms with E-state index in [1.165, 1.54) is 17.8 Å². The molecule has 2 heterocycles. The Hall–Kier alpha value is -0.870. The molecule has 1 atom stereocenters. The van der Waals surface area contributed by atoms with Gasteiger partial charge < -0.3 is 10.1 Å². The summed E-state index contributed by atoms with van der Waals surface area (Å²) in [6.07, 6.45) is 3.35. The highest BCUT2D eigenvalue weighted by molar-refractivity contribution is 5.10. The second-order valence-corrected chi connectivity index (χ2v) is 5.30. The number of hydrogen-bond acceptors (Lipinski definition) is 3. The molecule has 18 heavy (non-hydrogen) atoms. The van der Waals surface area contributed by atoms with Crippen molar-refractivity contribution < 1.29 is 4.74 Å². The van der Waals surface area contributed by atoms with E-state index in [2.05, 4.69) is 41.9 Å². The molecular weight excluding hydrogens is 226 g/mol. The first-order valence-corrected chi connectivity index (χ1v) is 7.07. The van der Waals surface area contributed by atoms with E-state index in [4.69, 9.17) is 4.74 Å². The maximum atomic E-state index is 5.78. The van der Waals surface area contributed by atoms with Gasteiger partial charge in [-0.25, -0.2) is 0 Å². The van der Waals surface area contributed by atoms with Crippen LogP contribution in [0.25, 0.3) is 0 Å². The van der Waals surface area contributed by atoms with E-state index in [0.717, 1.165) is 39.1 Å². The molecule has 1 aromatic rings. The molecule has 102 valence electrons. The van der Waals surface area contributed by atoms with Crippen molar-refractivity contribution in [2.24, 2.45) is 0 Å². The van der Waals surface area contributed by atoms with E-state index >= 15 is 0 Å². The third kappa shape index (κ3) is 3.12. The SMILES string of the molecule is CCc1cc(CNCC2(C)CCCO2)n(CC)n1. The van der Waals surface area contributed by atoms with Gasteiger partial charge in [0.25, 0.3) is 0 Å². The van der Waals surface area contributed by atoms with Crippen molar-refractivity contribution in [3.05, 3.63) is 17.5 Å². The quantitative estimate of drug-likeness (QED) is 0.842. The average molecular weight is 251 g/mol. The van der Waals surface area contributed by atoms with Gasteiger partial charge in [0.1, 0.15) is 0 Å². The number of nitrogens with zero attached hydrogens (tertiary/aromatic N) is 2. The molecular formula is C14H25N3O. The summed E-state index contributed by atoms with van der Waals surface area (Å²) in [6.45, 7) is 10.1. The minimum atomic E-state index is 0.0324. The van der Waals surface area contributed by atoms with E-state index in [-0.39, 0.29) is 5.60 Å². The van der Waals surface area contributed by atoms with Gasteiger partial charge >= 0.3 is 0 Å². The number of rotatable bonds is 6. The number of aryl methyl sites for hydroxylation is 2. The first-order valence-electron chi connectivity index (χ1n) is 7.07. The molecule has 0 bridgehead atoms. The fraction of sp³-hybridized carbons (Fsp3) is 0.786. The predicted molar refractivity (Wildman–Crippen MR) is 72.6 cm³/mol. The molecule has 0 radical (unpaired) electrons. The zero-order chi connectivity index (χ0) is 13.0. The summed E-state index contributed by atoms with van der Waals surface area (Å²) in [5.41, 5.74) is 2.48. The van der Waals surface area contributed by atoms with Gasteiger partial charge in [-0.05, 0) is 39.2 Å². The highest BCUT2D eigenvalue weighted by atomic mass is 16.5. The summed E-state index contributed by atoms with van der Waals surface area (Å²) in [7, 11) is 0. The summed E-state index contributed by atoms with van der Waals surface area (Å²) in [5, 5.41) is 8.07. The molecule has 4 heteroatoms. The van der Waals surface area contributed by atoms with Crippen LogP contribution in [0.15, 0.2) is 6.07 Å². The fourth-order valence-corrected chi connectivity index (χ4v) is 2.54. The normalized spacial score (nSPS) is 23.7. The third-order valence-electron chi connectivity index (χ3n) is 3.68. The van der Waals surface area contributed by atoms with Crippen molar-refractivity contribution in [2.45, 2.75) is 58.7 Å². The monoisotopic (exact) mass is 251 g/mol. The van der Waals surface area contributed by atoms with Crippen LogP contribution in [-0.4, -0.2) is 28.5 Å². The second-order valence-electron chi connectivity index (χ2n) is 5.30. The maximum Gasteiger partial charge on any atom is 0.0779 e. The first kappa shape index (κ1) is 13.6. The van der Waals surface area contributed by atoms with Gasteiger partial charge in [-0.1, -0.05) is 6.92 Å². The van der Waals surface area contributed by atoms with Crippen LogP contribution in [0.5, 0.6) is 0 Å². The zero-order valence-electron chi connectivity index (χ0n) is 11.8. The van der Waals surface area contributed by atoms with Gasteiger partial charge in [-0.3, -0.25) is 4.68 Å². The minimum absolute atomic E-state index is 0.0324. The van der Waals surface area contributed by atoms with E-state index in [0.29, 0.717) is 0 Å². The number of ether oxygens (including phenoxy) is 1. The Morgan fingerprint density at radius 1 is 1.50 bits per heavy atom. The lowest BCUT2D eigenvalue weighted by Crippen LogP contribution is -2.37. The summed E-state index contributed by atoms with van der Waals surface area (Å²) in [4.78, 5) is 0. The first-order chi connectivity index (χ1) is 8.67. The maximum absolute atomic E-state index is 5.78. The molecule has 1 N–H and O–H groups in total. The van der Waals surface area contributed by atoms with Gasteiger partial charge in [-0.2, -0.15) is 5.10 Å². The summed E-state index contributed by atoms with van der Waals surface area (Å²) >= 11 is 0. The van der Waals surface area contributed by atoms with Crippen molar-refractivity contribution in [3.8, 4) is 0 Å². The molecule has 1 aliphatic rings. The molecule has 4 nitrogen and oxygen atoms in total. The number of hydrogen-bond donors (Lipinski definition) is 1. The zero-order valence-corrected chi connectivity index (χ0v) is 11.8. The van der Waals surface area contributed by atoms with Crippen LogP contribution in [0.4, 0.5) is 0 Å². The van der Waals surface area contributed by atoms with Crippen LogP contribution < -0.4 is 5.32 Å². The van der Waals surface area contributed by atoms with Crippen LogP contribution in [0, 0.1) is 0 Å². The molecule has 1 saturated heterocycles. The summed E-state index contributed by atoms with van der Waals surface area (Å²) in [6, 6.07) is 2.20. The predicted octanol–water partition coefficient (Wildman–Crippen LogP) is 2.12. The highest BCUT2D eigenvalue weighted by Gasteiger charge is 2.29. The van der Waals surface area contributed by atoms with Gasteiger partial charge in [0, 0.05) is 26.2 Å². The van der Waals surface area contributed by atoms with Crippen molar-refractivity contribution in [1.82, 2.24) is 15.1 Å². The van der Waals surface area contributed by atoms with E-state index in [1.807, 2.05) is 0 Å². The second kappa shape index (κ2) is 5.85. The Balaban J connectivity index is 1.87. The van der Waals surface area contributed by atoms with Crippen LogP contribution in [-0.2, 0) is 24.2 Å². The van der Waals surface area contributed by atoms with Crippen molar-refractivity contribution in [1.29, 1.82) is 0 Å². The van der Waals surface area contributed by atoms with E-state index in [1.54, 1.807) is 0 Å². The molecule has 0 spiro atoms. The number of aromatic nitrogens is 2. The molecule has 0 amide bonds. The standard InChI is InChI=1S/C14H25N3O/c1-4-12-9-13(17(5-2)16-12)10-15-11-14(3)7-6-8-18-14/h9,15H,4-8,10-11H2,1-3H3. The lowest BCUT2D eigenvalue weighted by atomic mass is 10.0. The lowest BCUT2D eigenvalue weighted by Gasteiger charge is -2.23. The van der Waals surface area contributed by atoms with Crippen LogP contribution in [0.2, 0.25) is 0 Å². The molecule has 2 rings (SSSR count). The molecule has 1 unspecified atom stereocenters. The van der Waals surface area contributed by atoms with Crippen molar-refractivity contribution in [2.75, 3.05) is 13.2 Å². The van der Waals surface area contributed by atoms with Gasteiger partial charge in [-0.15, -0.1) is 0 Å². The molecule has 0 saturated carbocycles. The molecule has 0 aliphatic carbocycles. The lowest BCUT2D eigenvalue weighted by molar-refractivity contribution is 0.0205. The van der Waals surface area contributed by atoms with Crippen LogP contribution in [0.1, 0.15) is 45.0 Å². The van der Waals surface area contributed by atoms with Gasteiger partial charge in [0.15, 0.2) is 0 Å². The summed E-state index contributed by atoms with van der Waals surface area (Å²) in [5.74, 6) is 0. The average Bonchev–Trinajstić information content (AvgIpc) is 2.96. The smallest absolute Gasteiger partial charge is 0.0779 e. The summed E-state index contributed by atoms with van der Waals surface area (Å²) < 4.78 is 7.86. The van der Waals surface area contributed by atoms with Crippen molar-refractivity contribution in [3.63, 3.8) is 0 Å². The molecule has 1 fully saturated rings. The third-order valence-corrected chi connectivity index (χ3v) is 3.68. The van der Waals surface area contributed by atoms with E-state index in [9.17, 15) is 0 Å². The van der Waals surface area contributed by atoms with Gasteiger partial charge in [0.05, 0.1) is 17.0 Å². The Kier molecular flexibility index (Phi) is 4.40. The van der Waals surface area contributed by atoms with Crippen LogP contribution >= 0.6 is 0 Å². The van der Waals surface area contributed by atoms with Crippen molar-refractivity contribution >= 4 is 0 Å².